The minimum atomic E-state index is -0.476. The number of pyridine rings is 1. The minimum Gasteiger partial charge on any atom is -0.338 e. The molecule has 8 rings (SSSR count). The summed E-state index contributed by atoms with van der Waals surface area (Å²) in [4.78, 5) is 21.8. The fourth-order valence-electron chi connectivity index (χ4n) is 7.40. The Morgan fingerprint density at radius 3 is 2.70 bits per heavy atom. The Morgan fingerprint density at radius 2 is 2.00 bits per heavy atom. The van der Waals surface area contributed by atoms with Crippen molar-refractivity contribution in [1.29, 1.82) is 5.26 Å². The van der Waals surface area contributed by atoms with Gasteiger partial charge in [0, 0.05) is 52.4 Å². The monoisotopic (exact) mass is 631 g/mol. The van der Waals surface area contributed by atoms with Crippen LogP contribution in [0.1, 0.15) is 55.9 Å². The normalized spacial score (nSPS) is 20.0. The highest BCUT2D eigenvalue weighted by Crippen LogP contribution is 2.58. The molecule has 218 valence electrons. The van der Waals surface area contributed by atoms with Crippen LogP contribution in [0.3, 0.4) is 0 Å². The lowest BCUT2D eigenvalue weighted by Crippen LogP contribution is -2.33. The van der Waals surface area contributed by atoms with Crippen LogP contribution < -0.4 is 5.56 Å². The first-order valence-electron chi connectivity index (χ1n) is 14.4. The Labute approximate surface area is 262 Å². The zero-order valence-electron chi connectivity index (χ0n) is 23.7. The summed E-state index contributed by atoms with van der Waals surface area (Å²) >= 11 is 14.5. The number of nitrogens with zero attached hydrogens (tertiary/aromatic N) is 5. The quantitative estimate of drug-likeness (QED) is 0.168. The fraction of sp³-hybridized carbons (Fsp3) is 0.333. The molecule has 0 N–H and O–H groups in total. The molecule has 3 heterocycles. The van der Waals surface area contributed by atoms with E-state index in [4.69, 9.17) is 28.2 Å². The topological polar surface area (TPSA) is 76.5 Å². The SMILES string of the molecule is CSc1nc2c(F)c(-c3cccc(Cl)c3Cl)c(CCC#N)cc2c2c1cc([C@@H](C)n1ccncc1=O)n2[C@@H]1[C@@H]2CC[C@H]1C2. The van der Waals surface area contributed by atoms with E-state index in [2.05, 4.69) is 21.7 Å². The molecule has 3 aromatic heterocycles. The van der Waals surface area contributed by atoms with Crippen LogP contribution in [0.5, 0.6) is 0 Å². The lowest BCUT2D eigenvalue weighted by atomic mass is 9.78. The molecule has 2 aromatic carbocycles. The molecule has 10 heteroatoms. The van der Waals surface area contributed by atoms with Crippen molar-refractivity contribution < 1.29 is 4.39 Å². The number of halogens is 3. The van der Waals surface area contributed by atoms with E-state index >= 15 is 4.39 Å². The Kier molecular flexibility index (Phi) is 7.24. The summed E-state index contributed by atoms with van der Waals surface area (Å²) in [5.74, 6) is 0.597. The van der Waals surface area contributed by atoms with Crippen molar-refractivity contribution in [1.82, 2.24) is 19.1 Å². The second-order valence-electron chi connectivity index (χ2n) is 11.5. The molecule has 5 aromatic rings. The van der Waals surface area contributed by atoms with Crippen molar-refractivity contribution in [3.8, 4) is 17.2 Å². The summed E-state index contributed by atoms with van der Waals surface area (Å²) < 4.78 is 21.0. The Morgan fingerprint density at radius 1 is 1.21 bits per heavy atom. The molecule has 4 atom stereocenters. The molecular formula is C33H28Cl2FN5OS. The molecule has 3 aliphatic rings. The van der Waals surface area contributed by atoms with Crippen LogP contribution in [0.2, 0.25) is 10.0 Å². The van der Waals surface area contributed by atoms with E-state index in [9.17, 15) is 10.1 Å². The summed E-state index contributed by atoms with van der Waals surface area (Å²) in [6.45, 7) is 2.03. The van der Waals surface area contributed by atoms with E-state index in [1.807, 2.05) is 19.2 Å². The standard InChI is InChI=1S/C33H28Cl2FN5OS/c1-17(40-12-11-38-16-26(40)42)25-15-23-32(41(25)31-19-8-9-20(31)13-19)22-14-18(5-4-10-37)27(21-6-3-7-24(34)28(21)35)29(36)30(22)39-33(23)43-2/h3,6-7,11-12,14-17,19-20,31H,4-5,8-9,13H2,1-2H3/t17-,19-,20+,31-/m1/s1. The largest absolute Gasteiger partial charge is 0.338 e. The van der Waals surface area contributed by atoms with E-state index in [0.717, 1.165) is 34.5 Å². The highest BCUT2D eigenvalue weighted by atomic mass is 35.5. The van der Waals surface area contributed by atoms with Gasteiger partial charge in [0.05, 0.1) is 33.9 Å². The fourth-order valence-corrected chi connectivity index (χ4v) is 8.36. The Balaban J connectivity index is 1.59. The number of fused-ring (bicyclic) bond motifs is 4. The Bertz CT molecular complexity index is 2020. The van der Waals surface area contributed by atoms with E-state index in [-0.39, 0.29) is 34.6 Å². The molecule has 6 nitrogen and oxygen atoms in total. The maximum atomic E-state index is 17.0. The highest BCUT2D eigenvalue weighted by Gasteiger charge is 2.49. The van der Waals surface area contributed by atoms with Crippen LogP contribution >= 0.6 is 35.0 Å². The van der Waals surface area contributed by atoms with Gasteiger partial charge < -0.3 is 9.13 Å². The van der Waals surface area contributed by atoms with Crippen LogP contribution in [0.15, 0.2) is 58.7 Å². The van der Waals surface area contributed by atoms with Crippen LogP contribution in [-0.4, -0.2) is 25.4 Å². The molecule has 0 spiro atoms. The molecule has 0 unspecified atom stereocenters. The predicted molar refractivity (Wildman–Crippen MR) is 171 cm³/mol. The van der Waals surface area contributed by atoms with Crippen LogP contribution in [-0.2, 0) is 6.42 Å². The molecule has 0 saturated heterocycles. The second kappa shape index (κ2) is 11.0. The van der Waals surface area contributed by atoms with Gasteiger partial charge in [-0.25, -0.2) is 9.37 Å². The number of hydrogen-bond acceptors (Lipinski definition) is 5. The van der Waals surface area contributed by atoms with Gasteiger partial charge in [-0.3, -0.25) is 9.78 Å². The number of rotatable bonds is 7. The average molecular weight is 633 g/mol. The van der Waals surface area contributed by atoms with Crippen LogP contribution in [0.25, 0.3) is 32.9 Å². The maximum Gasteiger partial charge on any atom is 0.269 e. The first-order chi connectivity index (χ1) is 20.8. The van der Waals surface area contributed by atoms with Crippen molar-refractivity contribution in [2.24, 2.45) is 11.8 Å². The Hall–Kier alpha value is -3.38. The van der Waals surface area contributed by atoms with Crippen LogP contribution in [0, 0.1) is 29.0 Å². The first-order valence-corrected chi connectivity index (χ1v) is 16.4. The van der Waals surface area contributed by atoms with Gasteiger partial charge in [0.25, 0.3) is 5.56 Å². The van der Waals surface area contributed by atoms with Gasteiger partial charge in [-0.1, -0.05) is 35.3 Å². The van der Waals surface area contributed by atoms with Crippen molar-refractivity contribution in [2.75, 3.05) is 6.26 Å². The van der Waals surface area contributed by atoms with Crippen molar-refractivity contribution in [3.63, 3.8) is 0 Å². The van der Waals surface area contributed by atoms with E-state index in [1.165, 1.54) is 24.4 Å². The third-order valence-electron chi connectivity index (χ3n) is 9.38. The third-order valence-corrected chi connectivity index (χ3v) is 10.9. The number of thioether (sulfide) groups is 1. The van der Waals surface area contributed by atoms with E-state index < -0.39 is 5.82 Å². The van der Waals surface area contributed by atoms with Gasteiger partial charge >= 0.3 is 0 Å². The number of aromatic nitrogens is 4. The molecule has 0 amide bonds. The summed E-state index contributed by atoms with van der Waals surface area (Å²) in [6, 6.07) is 11.5. The van der Waals surface area contributed by atoms with Crippen molar-refractivity contribution >= 4 is 56.8 Å². The second-order valence-corrected chi connectivity index (χ2v) is 13.1. The number of nitriles is 1. The van der Waals surface area contributed by atoms with Crippen LogP contribution in [0.4, 0.5) is 4.39 Å². The van der Waals surface area contributed by atoms with Gasteiger partial charge in [-0.05, 0) is 74.5 Å². The van der Waals surface area contributed by atoms with Gasteiger partial charge in [-0.2, -0.15) is 5.26 Å². The number of aryl methyl sites for hydroxylation is 1. The molecule has 3 aliphatic carbocycles. The number of hydrogen-bond donors (Lipinski definition) is 0. The summed E-state index contributed by atoms with van der Waals surface area (Å²) in [5.41, 5.74) is 3.50. The molecular weight excluding hydrogens is 604 g/mol. The van der Waals surface area contributed by atoms with E-state index in [0.29, 0.717) is 45.4 Å². The number of benzene rings is 2. The first kappa shape index (κ1) is 28.4. The van der Waals surface area contributed by atoms with Gasteiger partial charge in [-0.15, -0.1) is 11.8 Å². The molecule has 3 saturated carbocycles. The molecule has 3 fully saturated rings. The molecule has 43 heavy (non-hydrogen) atoms. The summed E-state index contributed by atoms with van der Waals surface area (Å²) in [6.07, 6.45) is 10.7. The average Bonchev–Trinajstić information content (AvgIpc) is 3.74. The van der Waals surface area contributed by atoms with Crippen molar-refractivity contribution in [3.05, 3.63) is 86.4 Å². The zero-order valence-corrected chi connectivity index (χ0v) is 26.0. The summed E-state index contributed by atoms with van der Waals surface area (Å²) in [5, 5.41) is 12.4. The third kappa shape index (κ3) is 4.39. The molecule has 0 aliphatic heterocycles. The van der Waals surface area contributed by atoms with Gasteiger partial charge in [0.15, 0.2) is 5.82 Å². The zero-order chi connectivity index (χ0) is 30.0. The minimum absolute atomic E-state index is 0.177. The predicted octanol–water partition coefficient (Wildman–Crippen LogP) is 8.62. The van der Waals surface area contributed by atoms with Gasteiger partial charge in [0.1, 0.15) is 10.5 Å². The lowest BCUT2D eigenvalue weighted by Gasteiger charge is -2.39. The highest BCUT2D eigenvalue weighted by molar-refractivity contribution is 7.98. The van der Waals surface area contributed by atoms with E-state index in [1.54, 1.807) is 35.2 Å². The smallest absolute Gasteiger partial charge is 0.269 e. The maximum absolute atomic E-state index is 17.0. The lowest BCUT2D eigenvalue weighted by molar-refractivity contribution is 0.164. The summed E-state index contributed by atoms with van der Waals surface area (Å²) in [7, 11) is 0. The van der Waals surface area contributed by atoms with Crippen molar-refractivity contribution in [2.45, 2.75) is 56.1 Å². The molecule has 0 radical (unpaired) electrons. The molecule has 2 bridgehead atoms. The van der Waals surface area contributed by atoms with Gasteiger partial charge in [0.2, 0.25) is 0 Å².